The van der Waals surface area contributed by atoms with Gasteiger partial charge in [0.2, 0.25) is 0 Å². The van der Waals surface area contributed by atoms with Crippen molar-refractivity contribution in [3.8, 4) is 0 Å². The molecule has 0 amide bonds. The normalized spacial score (nSPS) is 17.2. The summed E-state index contributed by atoms with van der Waals surface area (Å²) in [7, 11) is 0. The number of carboxylic acid groups (broad SMARTS) is 1. The fraction of sp³-hybridized carbons (Fsp3) is 0.857. The predicted molar refractivity (Wildman–Crippen MR) is 105 cm³/mol. The van der Waals surface area contributed by atoms with Crippen molar-refractivity contribution in [1.82, 2.24) is 0 Å². The summed E-state index contributed by atoms with van der Waals surface area (Å²) in [5, 5.41) is 39.8. The summed E-state index contributed by atoms with van der Waals surface area (Å²) in [6.45, 7) is 6.96. The third-order valence-corrected chi connectivity index (χ3v) is 5.04. The molecule has 0 rings (SSSR count). The first-order valence-electron chi connectivity index (χ1n) is 10.0. The summed E-state index contributed by atoms with van der Waals surface area (Å²) in [5.41, 5.74) is -2.36. The molecule has 0 spiro atoms. The average Bonchev–Trinajstić information content (AvgIpc) is 2.57. The molecule has 0 aliphatic heterocycles. The van der Waals surface area contributed by atoms with Crippen LogP contribution in [0, 0.1) is 5.41 Å². The maximum absolute atomic E-state index is 11.1. The molecule has 0 radical (unpaired) electrons. The molecule has 3 unspecified atom stereocenters. The second-order valence-electron chi connectivity index (χ2n) is 8.28. The first kappa shape index (κ1) is 25.1. The lowest BCUT2D eigenvalue weighted by Gasteiger charge is -2.30. The van der Waals surface area contributed by atoms with Crippen LogP contribution in [0.4, 0.5) is 0 Å². The monoisotopic (exact) mass is 372 g/mol. The third kappa shape index (κ3) is 10.3. The second kappa shape index (κ2) is 12.5. The van der Waals surface area contributed by atoms with Crippen LogP contribution in [0.15, 0.2) is 12.2 Å². The van der Waals surface area contributed by atoms with Crippen molar-refractivity contribution in [1.29, 1.82) is 0 Å². The zero-order valence-corrected chi connectivity index (χ0v) is 17.1. The Morgan fingerprint density at radius 1 is 1.00 bits per heavy atom. The Bertz CT molecular complexity index is 415. The van der Waals surface area contributed by atoms with Crippen molar-refractivity contribution in [2.24, 2.45) is 5.41 Å². The Balaban J connectivity index is 4.20. The fourth-order valence-corrected chi connectivity index (χ4v) is 2.83. The van der Waals surface area contributed by atoms with Crippen LogP contribution in [0.3, 0.4) is 0 Å². The number of unbranched alkanes of at least 4 members (excludes halogenated alkanes) is 6. The van der Waals surface area contributed by atoms with Crippen molar-refractivity contribution >= 4 is 5.97 Å². The number of hydrogen-bond donors (Lipinski definition) is 4. The molecule has 0 heterocycles. The van der Waals surface area contributed by atoms with Gasteiger partial charge < -0.3 is 20.4 Å². The number of aliphatic carboxylic acids is 1. The van der Waals surface area contributed by atoms with Gasteiger partial charge in [-0.1, -0.05) is 64.0 Å². The smallest absolute Gasteiger partial charge is 0.309 e. The zero-order valence-electron chi connectivity index (χ0n) is 17.1. The Labute approximate surface area is 159 Å². The van der Waals surface area contributed by atoms with Crippen LogP contribution in [-0.4, -0.2) is 44.2 Å². The quantitative estimate of drug-likeness (QED) is 0.257. The number of rotatable bonds is 15. The minimum absolute atomic E-state index is 0.436. The van der Waals surface area contributed by atoms with Crippen molar-refractivity contribution in [3.63, 3.8) is 0 Å². The number of carboxylic acids is 1. The maximum Gasteiger partial charge on any atom is 0.309 e. The van der Waals surface area contributed by atoms with E-state index in [-0.39, 0.29) is 0 Å². The molecule has 0 saturated heterocycles. The minimum atomic E-state index is -1.53. The topological polar surface area (TPSA) is 98.0 Å². The Morgan fingerprint density at radius 3 is 2.08 bits per heavy atom. The van der Waals surface area contributed by atoms with Gasteiger partial charge in [0.15, 0.2) is 0 Å². The van der Waals surface area contributed by atoms with Crippen molar-refractivity contribution in [2.45, 2.75) is 110 Å². The molecule has 0 aromatic carbocycles. The molecule has 26 heavy (non-hydrogen) atoms. The highest BCUT2D eigenvalue weighted by molar-refractivity contribution is 5.73. The zero-order chi connectivity index (χ0) is 20.2. The number of carbonyl (C=O) groups is 1. The summed E-state index contributed by atoms with van der Waals surface area (Å²) in [4.78, 5) is 11.1. The SMILES string of the molecule is CCCCCCCCCC(O)C(O)C(C)(O)/C=C\CCC(C)(C)C(=O)O. The van der Waals surface area contributed by atoms with Gasteiger partial charge in [0.25, 0.3) is 0 Å². The van der Waals surface area contributed by atoms with E-state index in [0.29, 0.717) is 19.3 Å². The standard InChI is InChI=1S/C21H40O5/c1-5-6-7-8-9-10-11-14-17(22)18(23)21(4,26)16-13-12-15-20(2,3)19(24)25/h13,16-18,22-23,26H,5-12,14-15H2,1-4H3,(H,24,25)/b16-13-. The van der Waals surface area contributed by atoms with E-state index < -0.39 is 29.2 Å². The summed E-state index contributed by atoms with van der Waals surface area (Å²) >= 11 is 0. The second-order valence-corrected chi connectivity index (χ2v) is 8.28. The van der Waals surface area contributed by atoms with Gasteiger partial charge in [-0.05, 0) is 40.0 Å². The Kier molecular flexibility index (Phi) is 12.0. The van der Waals surface area contributed by atoms with Crippen molar-refractivity contribution in [2.75, 3.05) is 0 Å². The molecule has 5 heteroatoms. The van der Waals surface area contributed by atoms with Gasteiger partial charge in [-0.3, -0.25) is 4.79 Å². The minimum Gasteiger partial charge on any atom is -0.481 e. The van der Waals surface area contributed by atoms with E-state index >= 15 is 0 Å². The van der Waals surface area contributed by atoms with E-state index in [0.717, 1.165) is 19.3 Å². The third-order valence-electron chi connectivity index (χ3n) is 5.04. The average molecular weight is 373 g/mol. The predicted octanol–water partition coefficient (Wildman–Crippen LogP) is 4.05. The molecule has 0 aromatic heterocycles. The van der Waals surface area contributed by atoms with Crippen LogP contribution in [-0.2, 0) is 4.79 Å². The van der Waals surface area contributed by atoms with Gasteiger partial charge in [0.1, 0.15) is 11.7 Å². The molecule has 154 valence electrons. The molecule has 0 aliphatic rings. The van der Waals surface area contributed by atoms with Crippen LogP contribution >= 0.6 is 0 Å². The molecule has 3 atom stereocenters. The first-order chi connectivity index (χ1) is 12.0. The van der Waals surface area contributed by atoms with Gasteiger partial charge >= 0.3 is 5.97 Å². The van der Waals surface area contributed by atoms with Gasteiger partial charge in [0.05, 0.1) is 11.5 Å². The first-order valence-corrected chi connectivity index (χ1v) is 10.0. The van der Waals surface area contributed by atoms with E-state index in [4.69, 9.17) is 5.11 Å². The van der Waals surface area contributed by atoms with Gasteiger partial charge in [-0.15, -0.1) is 0 Å². The maximum atomic E-state index is 11.1. The molecule has 0 bridgehead atoms. The number of aliphatic hydroxyl groups excluding tert-OH is 2. The number of aliphatic hydroxyl groups is 3. The molecule has 5 nitrogen and oxygen atoms in total. The largest absolute Gasteiger partial charge is 0.481 e. The summed E-state index contributed by atoms with van der Waals surface area (Å²) in [5.74, 6) is -0.859. The number of allylic oxidation sites excluding steroid dienone is 1. The number of hydrogen-bond acceptors (Lipinski definition) is 4. The molecule has 0 fully saturated rings. The Hall–Kier alpha value is -0.910. The summed E-state index contributed by atoms with van der Waals surface area (Å²) in [6, 6.07) is 0. The highest BCUT2D eigenvalue weighted by atomic mass is 16.4. The fourth-order valence-electron chi connectivity index (χ4n) is 2.83. The molecule has 0 aliphatic carbocycles. The lowest BCUT2D eigenvalue weighted by atomic mass is 9.87. The van der Waals surface area contributed by atoms with Crippen LogP contribution in [0.2, 0.25) is 0 Å². The Morgan fingerprint density at radius 2 is 1.54 bits per heavy atom. The van der Waals surface area contributed by atoms with Crippen molar-refractivity contribution in [3.05, 3.63) is 12.2 Å². The van der Waals surface area contributed by atoms with Crippen LogP contribution in [0.5, 0.6) is 0 Å². The van der Waals surface area contributed by atoms with E-state index in [2.05, 4.69) is 6.92 Å². The summed E-state index contributed by atoms with van der Waals surface area (Å²) in [6.07, 6.45) is 10.2. The summed E-state index contributed by atoms with van der Waals surface area (Å²) < 4.78 is 0. The molecule has 0 saturated carbocycles. The van der Waals surface area contributed by atoms with Crippen LogP contribution in [0.25, 0.3) is 0 Å². The van der Waals surface area contributed by atoms with Crippen molar-refractivity contribution < 1.29 is 25.2 Å². The lowest BCUT2D eigenvalue weighted by Crippen LogP contribution is -2.45. The highest BCUT2D eigenvalue weighted by Gasteiger charge is 2.33. The van der Waals surface area contributed by atoms with E-state index in [1.807, 2.05) is 0 Å². The molecular formula is C21H40O5. The van der Waals surface area contributed by atoms with Gasteiger partial charge in [-0.2, -0.15) is 0 Å². The van der Waals surface area contributed by atoms with Crippen LogP contribution < -0.4 is 0 Å². The molecular weight excluding hydrogens is 332 g/mol. The molecule has 0 aromatic rings. The van der Waals surface area contributed by atoms with E-state index in [9.17, 15) is 20.1 Å². The van der Waals surface area contributed by atoms with Gasteiger partial charge in [0, 0.05) is 0 Å². The van der Waals surface area contributed by atoms with E-state index in [1.165, 1.54) is 38.7 Å². The van der Waals surface area contributed by atoms with Crippen LogP contribution in [0.1, 0.15) is 91.9 Å². The van der Waals surface area contributed by atoms with Gasteiger partial charge in [-0.25, -0.2) is 0 Å². The lowest BCUT2D eigenvalue weighted by molar-refractivity contribution is -0.147. The molecule has 4 N–H and O–H groups in total. The highest BCUT2D eigenvalue weighted by Crippen LogP contribution is 2.24. The van der Waals surface area contributed by atoms with E-state index in [1.54, 1.807) is 19.9 Å².